The van der Waals surface area contributed by atoms with E-state index >= 15 is 0 Å². The van der Waals surface area contributed by atoms with Crippen LogP contribution in [0.1, 0.15) is 96.8 Å². The fraction of sp³-hybridized carbons (Fsp3) is 0.889. The molecule has 0 fully saturated rings. The molecule has 22 heavy (non-hydrogen) atoms. The first kappa shape index (κ1) is 20.9. The number of carbonyl (C=O) groups is 2. The number of hydrogen-bond acceptors (Lipinski definition) is 2. The van der Waals surface area contributed by atoms with E-state index in [4.69, 9.17) is 5.11 Å². The predicted octanol–water partition coefficient (Wildman–Crippen LogP) is 4.67. The molecule has 0 aliphatic rings. The lowest BCUT2D eigenvalue weighted by Crippen LogP contribution is -2.23. The van der Waals surface area contributed by atoms with E-state index < -0.39 is 5.97 Å². The molecule has 2 N–H and O–H groups in total. The molecule has 0 heterocycles. The minimum Gasteiger partial charge on any atom is -0.481 e. The first-order chi connectivity index (χ1) is 10.7. The highest BCUT2D eigenvalue weighted by Crippen LogP contribution is 2.08. The topological polar surface area (TPSA) is 66.4 Å². The van der Waals surface area contributed by atoms with Crippen molar-refractivity contribution in [1.82, 2.24) is 5.32 Å². The summed E-state index contributed by atoms with van der Waals surface area (Å²) in [5.74, 6) is -0.526. The van der Waals surface area contributed by atoms with E-state index in [0.717, 1.165) is 51.5 Å². The van der Waals surface area contributed by atoms with Crippen molar-refractivity contribution in [2.24, 2.45) is 0 Å². The van der Waals surface area contributed by atoms with Crippen LogP contribution in [0, 0.1) is 0 Å². The van der Waals surface area contributed by atoms with Gasteiger partial charge in [0.1, 0.15) is 0 Å². The maximum atomic E-state index is 11.6. The standard InChI is InChI=1S/C18H35NO3/c1-2-3-4-5-10-13-16-19-17(20)14-11-8-6-7-9-12-15-18(21)22/h2-16H2,1H3,(H,19,20)(H,21,22). The van der Waals surface area contributed by atoms with Crippen LogP contribution in [0.25, 0.3) is 0 Å². The molecule has 0 aliphatic heterocycles. The highest BCUT2D eigenvalue weighted by atomic mass is 16.4. The molecular weight excluding hydrogens is 278 g/mol. The number of rotatable bonds is 16. The van der Waals surface area contributed by atoms with Crippen molar-refractivity contribution in [3.05, 3.63) is 0 Å². The quantitative estimate of drug-likeness (QED) is 0.407. The minimum atomic E-state index is -0.706. The summed E-state index contributed by atoms with van der Waals surface area (Å²) in [4.78, 5) is 22.0. The van der Waals surface area contributed by atoms with Crippen LogP contribution in [-0.4, -0.2) is 23.5 Å². The largest absolute Gasteiger partial charge is 0.481 e. The first-order valence-corrected chi connectivity index (χ1v) is 9.15. The molecule has 0 bridgehead atoms. The van der Waals surface area contributed by atoms with Crippen LogP contribution in [0.3, 0.4) is 0 Å². The monoisotopic (exact) mass is 313 g/mol. The molecule has 0 saturated heterocycles. The smallest absolute Gasteiger partial charge is 0.303 e. The van der Waals surface area contributed by atoms with Crippen molar-refractivity contribution in [2.75, 3.05) is 6.54 Å². The molecule has 0 saturated carbocycles. The van der Waals surface area contributed by atoms with Crippen LogP contribution in [0.5, 0.6) is 0 Å². The fourth-order valence-electron chi connectivity index (χ4n) is 2.49. The Hall–Kier alpha value is -1.06. The lowest BCUT2D eigenvalue weighted by molar-refractivity contribution is -0.137. The lowest BCUT2D eigenvalue weighted by Gasteiger charge is -2.05. The summed E-state index contributed by atoms with van der Waals surface area (Å²) in [6, 6.07) is 0. The third kappa shape index (κ3) is 17.0. The second kappa shape index (κ2) is 16.3. The van der Waals surface area contributed by atoms with Crippen molar-refractivity contribution in [3.8, 4) is 0 Å². The number of unbranched alkanes of at least 4 members (excludes halogenated alkanes) is 10. The van der Waals surface area contributed by atoms with Crippen LogP contribution in [0.15, 0.2) is 0 Å². The summed E-state index contributed by atoms with van der Waals surface area (Å²) in [5, 5.41) is 11.5. The Morgan fingerprint density at radius 1 is 0.727 bits per heavy atom. The average Bonchev–Trinajstić information content (AvgIpc) is 2.48. The zero-order valence-corrected chi connectivity index (χ0v) is 14.4. The first-order valence-electron chi connectivity index (χ1n) is 9.15. The molecular formula is C18H35NO3. The zero-order valence-electron chi connectivity index (χ0n) is 14.4. The van der Waals surface area contributed by atoms with Crippen molar-refractivity contribution in [3.63, 3.8) is 0 Å². The molecule has 0 aromatic rings. The molecule has 0 aromatic carbocycles. The fourth-order valence-corrected chi connectivity index (χ4v) is 2.49. The number of amides is 1. The molecule has 1 amide bonds. The SMILES string of the molecule is CCCCCCCCNC(=O)CCCCCCCCC(=O)O. The third-order valence-electron chi connectivity index (χ3n) is 3.90. The van der Waals surface area contributed by atoms with Gasteiger partial charge in [-0.25, -0.2) is 0 Å². The van der Waals surface area contributed by atoms with Crippen LogP contribution in [-0.2, 0) is 9.59 Å². The Labute approximate surface area is 136 Å². The molecule has 0 aliphatic carbocycles. The van der Waals surface area contributed by atoms with E-state index in [0.29, 0.717) is 6.42 Å². The Morgan fingerprint density at radius 3 is 1.82 bits per heavy atom. The van der Waals surface area contributed by atoms with Gasteiger partial charge < -0.3 is 10.4 Å². The van der Waals surface area contributed by atoms with E-state index in [-0.39, 0.29) is 12.3 Å². The summed E-state index contributed by atoms with van der Waals surface area (Å²) in [5.41, 5.74) is 0. The van der Waals surface area contributed by atoms with Crippen molar-refractivity contribution in [2.45, 2.75) is 96.8 Å². The summed E-state index contributed by atoms with van der Waals surface area (Å²) in [6.45, 7) is 3.04. The van der Waals surface area contributed by atoms with Crippen LogP contribution >= 0.6 is 0 Å². The molecule has 0 atom stereocenters. The Bertz CT molecular complexity index is 280. The number of nitrogens with one attached hydrogen (secondary N) is 1. The zero-order chi connectivity index (χ0) is 16.5. The van der Waals surface area contributed by atoms with Gasteiger partial charge in [-0.05, 0) is 19.3 Å². The van der Waals surface area contributed by atoms with Gasteiger partial charge in [-0.1, -0.05) is 64.7 Å². The Balaban J connectivity index is 3.17. The highest BCUT2D eigenvalue weighted by Gasteiger charge is 2.01. The molecule has 0 rings (SSSR count). The van der Waals surface area contributed by atoms with Gasteiger partial charge in [-0.3, -0.25) is 9.59 Å². The van der Waals surface area contributed by atoms with Crippen molar-refractivity contribution < 1.29 is 14.7 Å². The van der Waals surface area contributed by atoms with Crippen LogP contribution < -0.4 is 5.32 Å². The second-order valence-corrected chi connectivity index (χ2v) is 6.13. The van der Waals surface area contributed by atoms with Gasteiger partial charge in [0.2, 0.25) is 5.91 Å². The summed E-state index contributed by atoms with van der Waals surface area (Å²) < 4.78 is 0. The van der Waals surface area contributed by atoms with E-state index in [9.17, 15) is 9.59 Å². The van der Waals surface area contributed by atoms with Crippen molar-refractivity contribution in [1.29, 1.82) is 0 Å². The summed E-state index contributed by atoms with van der Waals surface area (Å²) in [6.07, 6.45) is 14.4. The van der Waals surface area contributed by atoms with Gasteiger partial charge in [0, 0.05) is 19.4 Å². The molecule has 4 heteroatoms. The van der Waals surface area contributed by atoms with Gasteiger partial charge in [-0.2, -0.15) is 0 Å². The number of carbonyl (C=O) groups excluding carboxylic acids is 1. The van der Waals surface area contributed by atoms with Gasteiger partial charge in [-0.15, -0.1) is 0 Å². The van der Waals surface area contributed by atoms with E-state index in [1.807, 2.05) is 0 Å². The van der Waals surface area contributed by atoms with E-state index in [2.05, 4.69) is 12.2 Å². The van der Waals surface area contributed by atoms with E-state index in [1.165, 1.54) is 32.1 Å². The van der Waals surface area contributed by atoms with Gasteiger partial charge >= 0.3 is 5.97 Å². The normalized spacial score (nSPS) is 10.6. The number of aliphatic carboxylic acids is 1. The summed E-state index contributed by atoms with van der Waals surface area (Å²) in [7, 11) is 0. The van der Waals surface area contributed by atoms with E-state index in [1.54, 1.807) is 0 Å². The third-order valence-corrected chi connectivity index (χ3v) is 3.90. The second-order valence-electron chi connectivity index (χ2n) is 6.13. The Kier molecular flexibility index (Phi) is 15.5. The molecule has 0 radical (unpaired) electrons. The molecule has 4 nitrogen and oxygen atoms in total. The van der Waals surface area contributed by atoms with Crippen LogP contribution in [0.2, 0.25) is 0 Å². The highest BCUT2D eigenvalue weighted by molar-refractivity contribution is 5.75. The Morgan fingerprint density at radius 2 is 1.23 bits per heavy atom. The van der Waals surface area contributed by atoms with Gasteiger partial charge in [0.25, 0.3) is 0 Å². The number of hydrogen-bond donors (Lipinski definition) is 2. The predicted molar refractivity (Wildman–Crippen MR) is 91.0 cm³/mol. The molecule has 0 aromatic heterocycles. The molecule has 0 unspecified atom stereocenters. The number of carboxylic acids is 1. The van der Waals surface area contributed by atoms with Crippen molar-refractivity contribution >= 4 is 11.9 Å². The lowest BCUT2D eigenvalue weighted by atomic mass is 10.1. The maximum absolute atomic E-state index is 11.6. The van der Waals surface area contributed by atoms with Crippen LogP contribution in [0.4, 0.5) is 0 Å². The van der Waals surface area contributed by atoms with Gasteiger partial charge in [0.15, 0.2) is 0 Å². The molecule has 0 spiro atoms. The minimum absolute atomic E-state index is 0.180. The summed E-state index contributed by atoms with van der Waals surface area (Å²) >= 11 is 0. The van der Waals surface area contributed by atoms with Gasteiger partial charge in [0.05, 0.1) is 0 Å². The average molecular weight is 313 g/mol. The number of carboxylic acid groups (broad SMARTS) is 1. The maximum Gasteiger partial charge on any atom is 0.303 e. The molecule has 130 valence electrons.